The van der Waals surface area contributed by atoms with Crippen molar-refractivity contribution < 1.29 is 28.7 Å². The first kappa shape index (κ1) is 26.7. The summed E-state index contributed by atoms with van der Waals surface area (Å²) in [6, 6.07) is 13.9. The predicted octanol–water partition coefficient (Wildman–Crippen LogP) is 3.01. The lowest BCUT2D eigenvalue weighted by molar-refractivity contribution is -0.155. The summed E-state index contributed by atoms with van der Waals surface area (Å²) in [5.74, 6) is -2.04. The highest BCUT2D eigenvalue weighted by Crippen LogP contribution is 2.44. The van der Waals surface area contributed by atoms with Crippen molar-refractivity contribution in [1.29, 1.82) is 0 Å². The molecule has 0 bridgehead atoms. The van der Waals surface area contributed by atoms with Crippen LogP contribution in [0.15, 0.2) is 48.5 Å². The number of nitrogens with one attached hydrogen (secondary N) is 2. The maximum atomic E-state index is 12.5. The average molecular weight is 496 g/mol. The van der Waals surface area contributed by atoms with Gasteiger partial charge in [-0.25, -0.2) is 4.79 Å². The normalized spacial score (nSPS) is 14.1. The molecule has 1 aliphatic rings. The van der Waals surface area contributed by atoms with E-state index in [2.05, 4.69) is 10.6 Å². The zero-order valence-electron chi connectivity index (χ0n) is 21.0. The van der Waals surface area contributed by atoms with Gasteiger partial charge in [0.05, 0.1) is 0 Å². The van der Waals surface area contributed by atoms with Crippen LogP contribution in [0, 0.1) is 0 Å². The van der Waals surface area contributed by atoms with E-state index in [9.17, 15) is 19.2 Å². The van der Waals surface area contributed by atoms with E-state index in [-0.39, 0.29) is 25.4 Å². The monoisotopic (exact) mass is 495 g/mol. The summed E-state index contributed by atoms with van der Waals surface area (Å²) in [5, 5.41) is 4.95. The minimum Gasteiger partial charge on any atom is -0.460 e. The Balaban J connectivity index is 1.52. The average Bonchev–Trinajstić information content (AvgIpc) is 3.12. The second kappa shape index (κ2) is 11.2. The number of carbonyl (C=O) groups excluding carboxylic acids is 4. The maximum absolute atomic E-state index is 12.5. The molecule has 0 saturated carbocycles. The highest BCUT2D eigenvalue weighted by Gasteiger charge is 2.30. The van der Waals surface area contributed by atoms with Crippen molar-refractivity contribution in [1.82, 2.24) is 10.6 Å². The van der Waals surface area contributed by atoms with Gasteiger partial charge in [0.15, 0.2) is 0 Å². The molecule has 0 aliphatic heterocycles. The lowest BCUT2D eigenvalue weighted by atomic mass is 9.98. The first-order valence-corrected chi connectivity index (χ1v) is 11.9. The summed E-state index contributed by atoms with van der Waals surface area (Å²) in [4.78, 5) is 48.7. The molecular weight excluding hydrogens is 462 g/mol. The summed E-state index contributed by atoms with van der Waals surface area (Å²) >= 11 is 0. The van der Waals surface area contributed by atoms with Crippen molar-refractivity contribution >= 4 is 23.9 Å². The maximum Gasteiger partial charge on any atom is 0.407 e. The predicted molar refractivity (Wildman–Crippen MR) is 134 cm³/mol. The number of hydrogen-bond acceptors (Lipinski definition) is 6. The molecular formula is C27H33N3O6. The Morgan fingerprint density at radius 3 is 2.03 bits per heavy atom. The van der Waals surface area contributed by atoms with E-state index in [1.165, 1.54) is 6.92 Å². The van der Waals surface area contributed by atoms with Gasteiger partial charge in [-0.2, -0.15) is 0 Å². The molecule has 0 fully saturated rings. The molecule has 36 heavy (non-hydrogen) atoms. The van der Waals surface area contributed by atoms with Crippen LogP contribution in [0.25, 0.3) is 11.1 Å². The van der Waals surface area contributed by atoms with E-state index in [1.54, 1.807) is 20.8 Å². The number of primary amides is 1. The molecule has 9 heteroatoms. The van der Waals surface area contributed by atoms with E-state index in [1.807, 2.05) is 48.5 Å². The number of carbonyl (C=O) groups is 4. The van der Waals surface area contributed by atoms with Crippen LogP contribution >= 0.6 is 0 Å². The van der Waals surface area contributed by atoms with Crippen LogP contribution in [-0.2, 0) is 23.9 Å². The quantitative estimate of drug-likeness (QED) is 0.458. The zero-order chi connectivity index (χ0) is 26.5. The zero-order valence-corrected chi connectivity index (χ0v) is 21.0. The van der Waals surface area contributed by atoms with Crippen LogP contribution in [-0.4, -0.2) is 48.2 Å². The fourth-order valence-corrected chi connectivity index (χ4v) is 4.12. The van der Waals surface area contributed by atoms with E-state index < -0.39 is 41.6 Å². The Morgan fingerprint density at radius 1 is 0.944 bits per heavy atom. The number of rotatable bonds is 9. The molecule has 0 unspecified atom stereocenters. The molecule has 4 N–H and O–H groups in total. The van der Waals surface area contributed by atoms with Crippen molar-refractivity contribution in [2.45, 2.75) is 64.1 Å². The van der Waals surface area contributed by atoms with Crippen molar-refractivity contribution in [3.8, 4) is 11.1 Å². The topological polar surface area (TPSA) is 137 Å². The van der Waals surface area contributed by atoms with Crippen molar-refractivity contribution in [3.63, 3.8) is 0 Å². The highest BCUT2D eigenvalue weighted by molar-refractivity contribution is 5.90. The molecule has 3 amide bonds. The van der Waals surface area contributed by atoms with Crippen LogP contribution in [0.1, 0.15) is 57.6 Å². The van der Waals surface area contributed by atoms with E-state index in [0.717, 1.165) is 22.3 Å². The third-order valence-electron chi connectivity index (χ3n) is 5.79. The smallest absolute Gasteiger partial charge is 0.407 e. The second-order valence-electron chi connectivity index (χ2n) is 9.78. The highest BCUT2D eigenvalue weighted by atomic mass is 16.6. The molecule has 2 aromatic rings. The van der Waals surface area contributed by atoms with Crippen LogP contribution in [0.2, 0.25) is 0 Å². The number of amides is 3. The third kappa shape index (κ3) is 6.84. The van der Waals surface area contributed by atoms with Gasteiger partial charge in [0, 0.05) is 12.3 Å². The van der Waals surface area contributed by atoms with Crippen molar-refractivity contribution in [2.75, 3.05) is 6.61 Å². The summed E-state index contributed by atoms with van der Waals surface area (Å²) in [6.45, 7) is 6.76. The van der Waals surface area contributed by atoms with Gasteiger partial charge in [0.25, 0.3) is 0 Å². The minimum absolute atomic E-state index is 0.0202. The second-order valence-corrected chi connectivity index (χ2v) is 9.78. The summed E-state index contributed by atoms with van der Waals surface area (Å²) in [5.41, 5.74) is 9.09. The number of ether oxygens (including phenoxy) is 2. The van der Waals surface area contributed by atoms with Gasteiger partial charge in [-0.1, -0.05) is 48.5 Å². The Hall–Kier alpha value is -3.88. The number of alkyl carbamates (subject to hydrolysis) is 1. The van der Waals surface area contributed by atoms with Gasteiger partial charge >= 0.3 is 12.1 Å². The van der Waals surface area contributed by atoms with Crippen LogP contribution in [0.3, 0.4) is 0 Å². The van der Waals surface area contributed by atoms with E-state index >= 15 is 0 Å². The molecule has 0 spiro atoms. The Kier molecular flexibility index (Phi) is 8.34. The van der Waals surface area contributed by atoms with Crippen molar-refractivity contribution in [2.24, 2.45) is 5.73 Å². The number of nitrogens with two attached hydrogens (primary N) is 1. The molecule has 3 rings (SSSR count). The Labute approximate surface area is 210 Å². The van der Waals surface area contributed by atoms with Crippen molar-refractivity contribution in [3.05, 3.63) is 59.7 Å². The third-order valence-corrected chi connectivity index (χ3v) is 5.79. The molecule has 0 aromatic heterocycles. The van der Waals surface area contributed by atoms with Gasteiger partial charge in [0.2, 0.25) is 11.8 Å². The van der Waals surface area contributed by atoms with Gasteiger partial charge in [-0.3, -0.25) is 14.4 Å². The first-order chi connectivity index (χ1) is 17.0. The largest absolute Gasteiger partial charge is 0.460 e. The fourth-order valence-electron chi connectivity index (χ4n) is 4.12. The lowest BCUT2D eigenvalue weighted by Crippen LogP contribution is -2.52. The van der Waals surface area contributed by atoms with Crippen LogP contribution in [0.4, 0.5) is 4.79 Å². The SMILES string of the molecule is C[C@H](NC(=O)OCC1c2ccccc2-c2ccccc21)C(=O)N[C@@H](CCC(=O)OC(C)(C)C)C(N)=O. The van der Waals surface area contributed by atoms with Gasteiger partial charge in [-0.15, -0.1) is 0 Å². The van der Waals surface area contributed by atoms with Gasteiger partial charge in [-0.05, 0) is 56.4 Å². The fraction of sp³-hybridized carbons (Fsp3) is 0.407. The number of esters is 1. The Bertz CT molecular complexity index is 1090. The van der Waals surface area contributed by atoms with Crippen LogP contribution < -0.4 is 16.4 Å². The van der Waals surface area contributed by atoms with Gasteiger partial charge < -0.3 is 25.8 Å². The summed E-state index contributed by atoms with van der Waals surface area (Å²) < 4.78 is 10.7. The molecule has 0 saturated heterocycles. The Morgan fingerprint density at radius 2 is 1.50 bits per heavy atom. The summed E-state index contributed by atoms with van der Waals surface area (Å²) in [7, 11) is 0. The van der Waals surface area contributed by atoms with Crippen LogP contribution in [0.5, 0.6) is 0 Å². The molecule has 192 valence electrons. The lowest BCUT2D eigenvalue weighted by Gasteiger charge is -2.22. The molecule has 0 radical (unpaired) electrons. The summed E-state index contributed by atoms with van der Waals surface area (Å²) in [6.07, 6.45) is -0.878. The first-order valence-electron chi connectivity index (χ1n) is 11.9. The molecule has 9 nitrogen and oxygen atoms in total. The standard InChI is InChI=1S/C27H33N3O6/c1-16(25(33)30-22(24(28)32)13-14-23(31)36-27(2,3)4)29-26(34)35-15-21-19-11-7-5-9-17(19)18-10-6-8-12-20(18)21/h5-12,16,21-22H,13-15H2,1-4H3,(H2,28,32)(H,29,34)(H,30,33)/t16-,22-/m0/s1. The molecule has 0 heterocycles. The van der Waals surface area contributed by atoms with E-state index in [0.29, 0.717) is 0 Å². The number of fused-ring (bicyclic) bond motifs is 3. The number of benzene rings is 2. The minimum atomic E-state index is -1.09. The van der Waals surface area contributed by atoms with E-state index in [4.69, 9.17) is 15.2 Å². The number of hydrogen-bond donors (Lipinski definition) is 3. The molecule has 1 aliphatic carbocycles. The van der Waals surface area contributed by atoms with Gasteiger partial charge in [0.1, 0.15) is 24.3 Å². The molecule has 2 aromatic carbocycles. The molecule has 2 atom stereocenters.